The molecule has 0 radical (unpaired) electrons. The van der Waals surface area contributed by atoms with Gasteiger partial charge in [0.1, 0.15) is 6.61 Å². The van der Waals surface area contributed by atoms with E-state index in [1.807, 2.05) is 0 Å². The molecular weight excluding hydrogens is 741 g/mol. The second kappa shape index (κ2) is 51.0. The molecule has 0 aromatic rings. The number of unbranched alkanes of at least 4 members (excludes halogenated alkanes) is 29. The van der Waals surface area contributed by atoms with Crippen molar-refractivity contribution in [2.24, 2.45) is 0 Å². The summed E-state index contributed by atoms with van der Waals surface area (Å²) >= 11 is 0. The second-order valence-corrected chi connectivity index (χ2v) is 17.2. The number of esters is 2. The number of hydrogen-bond donors (Lipinski definition) is 1. The molecule has 0 fully saturated rings. The van der Waals surface area contributed by atoms with Crippen molar-refractivity contribution in [2.75, 3.05) is 13.2 Å². The van der Waals surface area contributed by atoms with Gasteiger partial charge in [-0.3, -0.25) is 9.59 Å². The maximum Gasteiger partial charge on any atom is 0.306 e. The van der Waals surface area contributed by atoms with Crippen molar-refractivity contribution in [1.82, 2.24) is 0 Å². The van der Waals surface area contributed by atoms with Gasteiger partial charge in [-0.2, -0.15) is 0 Å². The summed E-state index contributed by atoms with van der Waals surface area (Å²) < 4.78 is 10.7. The van der Waals surface area contributed by atoms with Crippen LogP contribution in [0, 0.1) is 0 Å². The first-order chi connectivity index (χ1) is 29.6. The van der Waals surface area contributed by atoms with Gasteiger partial charge in [-0.1, -0.05) is 248 Å². The van der Waals surface area contributed by atoms with Crippen molar-refractivity contribution >= 4 is 11.9 Å². The number of rotatable bonds is 47. The summed E-state index contributed by atoms with van der Waals surface area (Å²) in [6, 6.07) is 0. The molecule has 1 atom stereocenters. The Labute approximate surface area is 372 Å². The minimum absolute atomic E-state index is 0.0627. The fraction of sp³-hybridized carbons (Fsp3) is 0.782. The molecule has 0 aromatic carbocycles. The largest absolute Gasteiger partial charge is 0.462 e. The van der Waals surface area contributed by atoms with Crippen LogP contribution >= 0.6 is 0 Å². The average molecular weight is 839 g/mol. The predicted octanol–water partition coefficient (Wildman–Crippen LogP) is 17.1. The minimum Gasteiger partial charge on any atom is -0.462 e. The molecule has 60 heavy (non-hydrogen) atoms. The lowest BCUT2D eigenvalue weighted by Gasteiger charge is -2.15. The van der Waals surface area contributed by atoms with Crippen LogP contribution in [-0.4, -0.2) is 36.4 Å². The van der Waals surface area contributed by atoms with Crippen LogP contribution < -0.4 is 0 Å². The van der Waals surface area contributed by atoms with Gasteiger partial charge in [-0.15, -0.1) is 0 Å². The highest BCUT2D eigenvalue weighted by molar-refractivity contribution is 5.70. The van der Waals surface area contributed by atoms with E-state index in [-0.39, 0.29) is 25.2 Å². The third-order valence-corrected chi connectivity index (χ3v) is 11.3. The quantitative estimate of drug-likeness (QED) is 0.0375. The zero-order valence-electron chi connectivity index (χ0n) is 39.7. The average Bonchev–Trinajstić information content (AvgIpc) is 3.25. The molecule has 0 aliphatic heterocycles. The molecule has 0 heterocycles. The highest BCUT2D eigenvalue weighted by Crippen LogP contribution is 2.16. The van der Waals surface area contributed by atoms with Crippen molar-refractivity contribution in [3.63, 3.8) is 0 Å². The number of ether oxygens (including phenoxy) is 2. The first kappa shape index (κ1) is 57.6. The number of hydrogen-bond acceptors (Lipinski definition) is 5. The van der Waals surface area contributed by atoms with E-state index in [9.17, 15) is 14.7 Å². The maximum absolute atomic E-state index is 12.3. The topological polar surface area (TPSA) is 72.8 Å². The standard InChI is InChI=1S/C55H98O5/c1-3-5-7-9-11-13-15-17-19-20-21-22-23-24-25-26-27-28-29-30-31-32-33-34-36-38-40-42-44-46-48-50-55(58)60-53(51-56)52-59-54(57)49-47-45-43-41-39-37-35-18-16-14-12-10-8-6-4-2/h5,7,11,13,17,19,21-22,24-25,53,56H,3-4,6,8-10,12,14-16,18,20,23,26-52H2,1-2H3/b7-5-,13-11-,19-17-,22-21-,25-24-. The van der Waals surface area contributed by atoms with E-state index in [1.54, 1.807) is 0 Å². The van der Waals surface area contributed by atoms with Gasteiger partial charge in [0.15, 0.2) is 6.10 Å². The molecule has 348 valence electrons. The first-order valence-electron chi connectivity index (χ1n) is 25.8. The minimum atomic E-state index is -0.770. The summed E-state index contributed by atoms with van der Waals surface area (Å²) in [7, 11) is 0. The molecule has 0 amide bonds. The predicted molar refractivity (Wildman–Crippen MR) is 260 cm³/mol. The van der Waals surface area contributed by atoms with Gasteiger partial charge in [0.2, 0.25) is 0 Å². The summed E-state index contributed by atoms with van der Waals surface area (Å²) in [5.74, 6) is -0.581. The Hall–Kier alpha value is -2.40. The molecule has 0 aliphatic rings. The van der Waals surface area contributed by atoms with Gasteiger partial charge < -0.3 is 14.6 Å². The Morgan fingerprint density at radius 2 is 0.717 bits per heavy atom. The van der Waals surface area contributed by atoms with Crippen molar-refractivity contribution in [2.45, 2.75) is 264 Å². The molecule has 0 aliphatic carbocycles. The van der Waals surface area contributed by atoms with Crippen LogP contribution in [0.4, 0.5) is 0 Å². The number of carbonyl (C=O) groups excluding carboxylic acids is 2. The molecule has 0 saturated carbocycles. The Balaban J connectivity index is 3.47. The van der Waals surface area contributed by atoms with E-state index in [1.165, 1.54) is 161 Å². The van der Waals surface area contributed by atoms with E-state index < -0.39 is 6.10 Å². The van der Waals surface area contributed by atoms with Crippen molar-refractivity contribution in [3.8, 4) is 0 Å². The Kier molecular flexibility index (Phi) is 48.9. The molecule has 0 aromatic heterocycles. The van der Waals surface area contributed by atoms with Crippen molar-refractivity contribution < 1.29 is 24.2 Å². The van der Waals surface area contributed by atoms with E-state index in [0.717, 1.165) is 70.6 Å². The highest BCUT2D eigenvalue weighted by atomic mass is 16.6. The fourth-order valence-corrected chi connectivity index (χ4v) is 7.47. The Bertz CT molecular complexity index is 1040. The molecule has 5 nitrogen and oxygen atoms in total. The molecule has 5 heteroatoms. The lowest BCUT2D eigenvalue weighted by Crippen LogP contribution is -2.28. The molecule has 1 unspecified atom stereocenters. The molecular formula is C55H98O5. The number of aliphatic hydroxyl groups excluding tert-OH is 1. The summed E-state index contributed by atoms with van der Waals surface area (Å²) in [6.45, 7) is 4.05. The summed E-state index contributed by atoms with van der Waals surface area (Å²) in [5, 5.41) is 9.62. The molecule has 0 bridgehead atoms. The number of allylic oxidation sites excluding steroid dienone is 10. The molecule has 1 N–H and O–H groups in total. The lowest BCUT2D eigenvalue weighted by atomic mass is 10.0. The van der Waals surface area contributed by atoms with Crippen LogP contribution in [0.1, 0.15) is 258 Å². The normalized spacial score (nSPS) is 12.7. The van der Waals surface area contributed by atoms with Gasteiger partial charge in [-0.05, 0) is 57.8 Å². The van der Waals surface area contributed by atoms with Crippen LogP contribution in [0.5, 0.6) is 0 Å². The molecule has 0 spiro atoms. The van der Waals surface area contributed by atoms with Crippen LogP contribution in [-0.2, 0) is 19.1 Å². The number of carbonyl (C=O) groups is 2. The first-order valence-corrected chi connectivity index (χ1v) is 25.8. The van der Waals surface area contributed by atoms with Crippen LogP contribution in [0.15, 0.2) is 60.8 Å². The second-order valence-electron chi connectivity index (χ2n) is 17.2. The smallest absolute Gasteiger partial charge is 0.306 e. The van der Waals surface area contributed by atoms with Crippen LogP contribution in [0.2, 0.25) is 0 Å². The lowest BCUT2D eigenvalue weighted by molar-refractivity contribution is -0.161. The Morgan fingerprint density at radius 3 is 1.08 bits per heavy atom. The van der Waals surface area contributed by atoms with Crippen LogP contribution in [0.3, 0.4) is 0 Å². The Morgan fingerprint density at radius 1 is 0.400 bits per heavy atom. The third kappa shape index (κ3) is 48.3. The monoisotopic (exact) mass is 839 g/mol. The molecule has 0 rings (SSSR count). The summed E-state index contributed by atoms with van der Waals surface area (Å²) in [4.78, 5) is 24.4. The SMILES string of the molecule is CC/C=C\C/C=C\C/C=C\C/C=C\C/C=C\CCCCCCCCCCCCCCCCCC(=O)OC(CO)COC(=O)CCCCCCCCCCCCCCCCC. The molecule has 0 saturated heterocycles. The van der Waals surface area contributed by atoms with Gasteiger partial charge in [0.05, 0.1) is 6.61 Å². The summed E-state index contributed by atoms with van der Waals surface area (Å²) in [6.07, 6.45) is 67.5. The maximum atomic E-state index is 12.3. The van der Waals surface area contributed by atoms with Crippen molar-refractivity contribution in [1.29, 1.82) is 0 Å². The van der Waals surface area contributed by atoms with E-state index in [4.69, 9.17) is 9.47 Å². The zero-order valence-corrected chi connectivity index (χ0v) is 39.7. The van der Waals surface area contributed by atoms with E-state index >= 15 is 0 Å². The van der Waals surface area contributed by atoms with Gasteiger partial charge >= 0.3 is 11.9 Å². The summed E-state index contributed by atoms with van der Waals surface area (Å²) in [5.41, 5.74) is 0. The third-order valence-electron chi connectivity index (χ3n) is 11.3. The van der Waals surface area contributed by atoms with Gasteiger partial charge in [-0.25, -0.2) is 0 Å². The fourth-order valence-electron chi connectivity index (χ4n) is 7.47. The van der Waals surface area contributed by atoms with Gasteiger partial charge in [0, 0.05) is 12.8 Å². The number of aliphatic hydroxyl groups is 1. The van der Waals surface area contributed by atoms with Gasteiger partial charge in [0.25, 0.3) is 0 Å². The van der Waals surface area contributed by atoms with Crippen LogP contribution in [0.25, 0.3) is 0 Å². The van der Waals surface area contributed by atoms with E-state index in [0.29, 0.717) is 12.8 Å². The van der Waals surface area contributed by atoms with Crippen molar-refractivity contribution in [3.05, 3.63) is 60.8 Å². The van der Waals surface area contributed by atoms with E-state index in [2.05, 4.69) is 74.6 Å². The zero-order chi connectivity index (χ0) is 43.5. The highest BCUT2D eigenvalue weighted by Gasteiger charge is 2.16.